The van der Waals surface area contributed by atoms with Crippen molar-refractivity contribution in [1.82, 2.24) is 9.88 Å². The zero-order valence-corrected chi connectivity index (χ0v) is 14.3. The van der Waals surface area contributed by atoms with Gasteiger partial charge in [-0.05, 0) is 36.4 Å². The quantitative estimate of drug-likeness (QED) is 0.841. The first-order valence-electron chi connectivity index (χ1n) is 8.42. The van der Waals surface area contributed by atoms with Gasteiger partial charge in [0.2, 0.25) is 0 Å². The van der Waals surface area contributed by atoms with Crippen LogP contribution in [0.25, 0.3) is 0 Å². The number of thiophene rings is 1. The fraction of sp³-hybridized carbons (Fsp3) is 0.444. The van der Waals surface area contributed by atoms with Crippen molar-refractivity contribution in [1.29, 1.82) is 0 Å². The fourth-order valence-corrected chi connectivity index (χ4v) is 4.33. The summed E-state index contributed by atoms with van der Waals surface area (Å²) in [6.45, 7) is 3.15. The third kappa shape index (κ3) is 3.03. The van der Waals surface area contributed by atoms with E-state index in [0.29, 0.717) is 6.04 Å². The van der Waals surface area contributed by atoms with Gasteiger partial charge in [0.05, 0.1) is 36.2 Å². The van der Waals surface area contributed by atoms with Crippen LogP contribution in [0, 0.1) is 0 Å². The Labute approximate surface area is 145 Å². The van der Waals surface area contributed by atoms with Crippen molar-refractivity contribution in [3.05, 3.63) is 46.9 Å². The van der Waals surface area contributed by atoms with Gasteiger partial charge in [0.25, 0.3) is 5.91 Å². The summed E-state index contributed by atoms with van der Waals surface area (Å²) in [5, 5.41) is 3.89. The lowest BCUT2D eigenvalue weighted by Crippen LogP contribution is -2.51. The van der Waals surface area contributed by atoms with E-state index in [1.165, 1.54) is 0 Å². The van der Waals surface area contributed by atoms with Gasteiger partial charge in [-0.2, -0.15) is 11.3 Å². The van der Waals surface area contributed by atoms with Gasteiger partial charge in [-0.25, -0.2) is 0 Å². The van der Waals surface area contributed by atoms with Gasteiger partial charge in [-0.15, -0.1) is 0 Å². The third-order valence-corrected chi connectivity index (χ3v) is 5.59. The molecule has 5 nitrogen and oxygen atoms in total. The molecule has 0 aromatic carbocycles. The molecule has 2 aliphatic rings. The van der Waals surface area contributed by atoms with Gasteiger partial charge >= 0.3 is 0 Å². The summed E-state index contributed by atoms with van der Waals surface area (Å²) in [5.74, 6) is 0.142. The minimum Gasteiger partial charge on any atom is -0.374 e. The number of carbonyl (C=O) groups excluding carboxylic acids is 1. The molecule has 0 N–H and O–H groups in total. The Hall–Kier alpha value is -1.92. The summed E-state index contributed by atoms with van der Waals surface area (Å²) in [6.07, 6.45) is 5.71. The van der Waals surface area contributed by atoms with Crippen molar-refractivity contribution in [2.75, 3.05) is 31.1 Å². The first-order valence-corrected chi connectivity index (χ1v) is 9.37. The molecule has 1 amide bonds. The number of fused-ring (bicyclic) bond motifs is 1. The van der Waals surface area contributed by atoms with Crippen molar-refractivity contribution < 1.29 is 9.53 Å². The summed E-state index contributed by atoms with van der Waals surface area (Å²) in [7, 11) is 0. The third-order valence-electron chi connectivity index (χ3n) is 4.90. The van der Waals surface area contributed by atoms with Crippen LogP contribution in [-0.2, 0) is 4.74 Å². The van der Waals surface area contributed by atoms with E-state index in [4.69, 9.17) is 4.74 Å². The average molecular weight is 343 g/mol. The minimum atomic E-state index is 0.142. The van der Waals surface area contributed by atoms with E-state index in [0.717, 1.165) is 50.3 Å². The maximum Gasteiger partial charge on any atom is 0.254 e. The number of anilines is 1. The Morgan fingerprint density at radius 3 is 2.96 bits per heavy atom. The molecule has 126 valence electrons. The molecule has 0 saturated carbocycles. The molecule has 0 spiro atoms. The Morgan fingerprint density at radius 2 is 2.17 bits per heavy atom. The van der Waals surface area contributed by atoms with Gasteiger partial charge in [0.15, 0.2) is 0 Å². The Bertz CT molecular complexity index is 677. The van der Waals surface area contributed by atoms with Crippen molar-refractivity contribution in [2.45, 2.75) is 25.0 Å². The first-order chi connectivity index (χ1) is 11.8. The normalized spacial score (nSPS) is 24.3. The largest absolute Gasteiger partial charge is 0.374 e. The second-order valence-corrected chi connectivity index (χ2v) is 7.04. The highest BCUT2D eigenvalue weighted by Gasteiger charge is 2.36. The van der Waals surface area contributed by atoms with Crippen LogP contribution in [0.15, 0.2) is 41.4 Å². The lowest BCUT2D eigenvalue weighted by Gasteiger charge is -2.41. The van der Waals surface area contributed by atoms with Crippen LogP contribution in [0.1, 0.15) is 23.2 Å². The number of hydrogen-bond donors (Lipinski definition) is 0. The van der Waals surface area contributed by atoms with Crippen molar-refractivity contribution >= 4 is 22.9 Å². The molecular formula is C18H21N3O2S. The molecule has 2 aliphatic heterocycles. The Balaban J connectivity index is 1.51. The fourth-order valence-electron chi connectivity index (χ4n) is 3.70. The monoisotopic (exact) mass is 343 g/mol. The predicted molar refractivity (Wildman–Crippen MR) is 94.6 cm³/mol. The molecule has 0 aliphatic carbocycles. The smallest absolute Gasteiger partial charge is 0.254 e. The summed E-state index contributed by atoms with van der Waals surface area (Å²) in [6, 6.07) is 6.30. The van der Waals surface area contributed by atoms with E-state index in [1.807, 2.05) is 34.0 Å². The number of likely N-dealkylation sites (tertiary alicyclic amines) is 1. The Morgan fingerprint density at radius 1 is 1.25 bits per heavy atom. The van der Waals surface area contributed by atoms with Gasteiger partial charge in [-0.1, -0.05) is 0 Å². The molecule has 0 bridgehead atoms. The number of rotatable bonds is 2. The second-order valence-electron chi connectivity index (χ2n) is 6.26. The van der Waals surface area contributed by atoms with Crippen molar-refractivity contribution in [2.24, 2.45) is 0 Å². The number of nitrogens with zero attached hydrogens (tertiary/aromatic N) is 3. The Kier molecular flexibility index (Phi) is 4.49. The highest BCUT2D eigenvalue weighted by Crippen LogP contribution is 2.28. The zero-order chi connectivity index (χ0) is 16.4. The maximum atomic E-state index is 12.6. The molecule has 2 aromatic rings. The topological polar surface area (TPSA) is 45.7 Å². The number of carbonyl (C=O) groups is 1. The van der Waals surface area contributed by atoms with Gasteiger partial charge in [0.1, 0.15) is 0 Å². The van der Waals surface area contributed by atoms with Crippen LogP contribution in [0.2, 0.25) is 0 Å². The van der Waals surface area contributed by atoms with Crippen molar-refractivity contribution in [3.8, 4) is 0 Å². The number of pyridine rings is 1. The van der Waals surface area contributed by atoms with Crippen molar-refractivity contribution in [3.63, 3.8) is 0 Å². The number of hydrogen-bond acceptors (Lipinski definition) is 5. The van der Waals surface area contributed by atoms with E-state index < -0.39 is 0 Å². The number of ether oxygens (including phenoxy) is 1. The summed E-state index contributed by atoms with van der Waals surface area (Å²) >= 11 is 1.57. The van der Waals surface area contributed by atoms with E-state index in [9.17, 15) is 4.79 Å². The van der Waals surface area contributed by atoms with Crippen LogP contribution >= 0.6 is 11.3 Å². The lowest BCUT2D eigenvalue weighted by atomic mass is 10.0. The molecule has 0 radical (unpaired) electrons. The van der Waals surface area contributed by atoms with Crippen LogP contribution < -0.4 is 4.90 Å². The second kappa shape index (κ2) is 6.91. The average Bonchev–Trinajstić information content (AvgIpc) is 3.08. The van der Waals surface area contributed by atoms with E-state index in [-0.39, 0.29) is 12.0 Å². The standard InChI is InChI=1S/C18H21N3O2S/c22-18(14-5-11-24-13-14)20-7-3-16-17(4-8-20)23-10-9-21(16)15-2-1-6-19-12-15/h1-2,5-6,11-13,16-17H,3-4,7-10H2. The van der Waals surface area contributed by atoms with Crippen LogP contribution in [0.5, 0.6) is 0 Å². The van der Waals surface area contributed by atoms with Crippen LogP contribution in [0.3, 0.4) is 0 Å². The number of amides is 1. The molecule has 2 aromatic heterocycles. The molecular weight excluding hydrogens is 322 g/mol. The molecule has 2 atom stereocenters. The highest BCUT2D eigenvalue weighted by atomic mass is 32.1. The van der Waals surface area contributed by atoms with Crippen LogP contribution in [0.4, 0.5) is 5.69 Å². The van der Waals surface area contributed by atoms with Crippen LogP contribution in [-0.4, -0.2) is 54.2 Å². The van der Waals surface area contributed by atoms with E-state index >= 15 is 0 Å². The first kappa shape index (κ1) is 15.6. The predicted octanol–water partition coefficient (Wildman–Crippen LogP) is 2.65. The molecule has 2 saturated heterocycles. The zero-order valence-electron chi connectivity index (χ0n) is 13.5. The number of aromatic nitrogens is 1. The van der Waals surface area contributed by atoms with E-state index in [2.05, 4.69) is 16.0 Å². The molecule has 2 fully saturated rings. The molecule has 6 heteroatoms. The summed E-state index contributed by atoms with van der Waals surface area (Å²) < 4.78 is 6.03. The summed E-state index contributed by atoms with van der Waals surface area (Å²) in [5.41, 5.74) is 1.95. The number of morpholine rings is 1. The van der Waals surface area contributed by atoms with Gasteiger partial charge in [-0.3, -0.25) is 9.78 Å². The van der Waals surface area contributed by atoms with Gasteiger partial charge < -0.3 is 14.5 Å². The molecule has 2 unspecified atom stereocenters. The molecule has 4 heterocycles. The highest BCUT2D eigenvalue weighted by molar-refractivity contribution is 7.08. The molecule has 4 rings (SSSR count). The van der Waals surface area contributed by atoms with E-state index in [1.54, 1.807) is 17.5 Å². The maximum absolute atomic E-state index is 12.6. The minimum absolute atomic E-state index is 0.142. The lowest BCUT2D eigenvalue weighted by molar-refractivity contribution is 0.00907. The van der Waals surface area contributed by atoms with Gasteiger partial charge in [0, 0.05) is 31.2 Å². The SMILES string of the molecule is O=C(c1ccsc1)N1CCC2OCCN(c3cccnc3)C2CC1. The summed E-state index contributed by atoms with van der Waals surface area (Å²) in [4.78, 5) is 21.3. The molecule has 24 heavy (non-hydrogen) atoms.